The minimum atomic E-state index is 0.505. The molecule has 0 spiro atoms. The van der Waals surface area contributed by atoms with Crippen LogP contribution in [0.3, 0.4) is 0 Å². The number of aromatic nitrogens is 3. The molecule has 0 atom stereocenters. The first-order chi connectivity index (χ1) is 23.8. The summed E-state index contributed by atoms with van der Waals surface area (Å²) >= 11 is 0. The van der Waals surface area contributed by atoms with Gasteiger partial charge in [-0.05, 0) is 44.8 Å². The molecule has 8 aromatic rings. The lowest BCUT2D eigenvalue weighted by Crippen LogP contribution is -2.16. The van der Waals surface area contributed by atoms with E-state index in [9.17, 15) is 0 Å². The molecule has 0 bridgehead atoms. The summed E-state index contributed by atoms with van der Waals surface area (Å²) < 4.78 is 11.0. The molecule has 0 saturated carbocycles. The summed E-state index contributed by atoms with van der Waals surface area (Å²) in [5.41, 5.74) is 8.56. The number of rotatable bonds is 4. The van der Waals surface area contributed by atoms with E-state index in [0.717, 1.165) is 55.4 Å². The molecule has 0 fully saturated rings. The van der Waals surface area contributed by atoms with Crippen LogP contribution in [0.2, 0.25) is 0 Å². The molecule has 10 rings (SSSR count). The molecule has 224 valence electrons. The maximum Gasteiger partial charge on any atom is 0.383 e. The maximum absolute atomic E-state index is 6.18. The summed E-state index contributed by atoms with van der Waals surface area (Å²) in [7, 11) is 0. The minimum absolute atomic E-state index is 0.505. The van der Waals surface area contributed by atoms with Crippen LogP contribution >= 0.6 is 0 Å². The van der Waals surface area contributed by atoms with Crippen LogP contribution in [0, 0.1) is 0 Å². The lowest BCUT2D eigenvalue weighted by molar-refractivity contribution is 0.608. The average molecular weight is 617 g/mol. The largest absolute Gasteiger partial charge is 0.448 e. The number of hydrogen-bond donors (Lipinski definition) is 1. The number of fused-ring (bicyclic) bond motifs is 8. The first-order valence-corrected chi connectivity index (χ1v) is 16.0. The van der Waals surface area contributed by atoms with Crippen molar-refractivity contribution in [1.29, 1.82) is 0 Å². The monoisotopic (exact) mass is 616 g/mol. The number of benzene rings is 6. The fourth-order valence-electron chi connectivity index (χ4n) is 7.12. The fraction of sp³-hybridized carbons (Fsp3) is 0.0238. The van der Waals surface area contributed by atoms with Crippen LogP contribution in [-0.4, -0.2) is 33.4 Å². The Morgan fingerprint density at radius 3 is 2.21 bits per heavy atom. The van der Waals surface area contributed by atoms with Crippen molar-refractivity contribution in [3.8, 4) is 22.5 Å². The molecule has 4 heterocycles. The van der Waals surface area contributed by atoms with Gasteiger partial charge in [-0.15, -0.1) is 0 Å². The Labute approximate surface area is 275 Å². The second kappa shape index (κ2) is 10.5. The first-order valence-electron chi connectivity index (χ1n) is 16.0. The highest BCUT2D eigenvalue weighted by Gasteiger charge is 2.36. The Balaban J connectivity index is 1.25. The third kappa shape index (κ3) is 4.07. The lowest BCUT2D eigenvalue weighted by atomic mass is 9.90. The topological polar surface area (TPSA) is 77.9 Å². The van der Waals surface area contributed by atoms with Gasteiger partial charge in [0.25, 0.3) is 0 Å². The molecule has 1 N–H and O–H groups in total. The van der Waals surface area contributed by atoms with Crippen LogP contribution in [0.1, 0.15) is 28.5 Å². The third-order valence-corrected chi connectivity index (χ3v) is 9.29. The summed E-state index contributed by atoms with van der Waals surface area (Å²) in [6.07, 6.45) is 3.96. The Hall–Kier alpha value is -6.62. The van der Waals surface area contributed by atoms with Gasteiger partial charge >= 0.3 is 11.9 Å². The van der Waals surface area contributed by atoms with Crippen molar-refractivity contribution in [2.45, 2.75) is 0 Å². The molecule has 48 heavy (non-hydrogen) atoms. The van der Waals surface area contributed by atoms with Gasteiger partial charge in [0.1, 0.15) is 11.1 Å². The molecule has 6 nitrogen and oxygen atoms in total. The number of hydrogen-bond acceptors (Lipinski definition) is 5. The summed E-state index contributed by atoms with van der Waals surface area (Å²) in [5, 5.41) is 9.30. The first kappa shape index (κ1) is 26.6. The van der Waals surface area contributed by atoms with Gasteiger partial charge in [0, 0.05) is 34.3 Å². The van der Waals surface area contributed by atoms with Gasteiger partial charge in [-0.3, -0.25) is 0 Å². The van der Waals surface area contributed by atoms with Crippen molar-refractivity contribution < 1.29 is 4.42 Å². The summed E-state index contributed by atoms with van der Waals surface area (Å²) in [5.74, 6) is 2.41. The van der Waals surface area contributed by atoms with Crippen molar-refractivity contribution in [3.63, 3.8) is 0 Å². The highest BCUT2D eigenvalue weighted by molar-refractivity contribution is 6.24. The predicted octanol–water partition coefficient (Wildman–Crippen LogP) is 8.45. The smallest absolute Gasteiger partial charge is 0.383 e. The van der Waals surface area contributed by atoms with Crippen LogP contribution in [0.5, 0.6) is 0 Å². The number of anilines is 1. The van der Waals surface area contributed by atoms with Crippen LogP contribution in [-0.2, 0) is 0 Å². The van der Waals surface area contributed by atoms with Crippen LogP contribution in [0.4, 0.5) is 5.69 Å². The molecular formula is C42H26N5O+. The Morgan fingerprint density at radius 2 is 1.29 bits per heavy atom. The molecular weight excluding hydrogens is 590 g/mol. The predicted molar refractivity (Wildman–Crippen MR) is 194 cm³/mol. The fourth-order valence-corrected chi connectivity index (χ4v) is 7.12. The molecule has 6 heteroatoms. The Morgan fingerprint density at radius 1 is 0.583 bits per heavy atom. The number of nitrogens with zero attached hydrogens (tertiary/aromatic N) is 4. The average Bonchev–Trinajstić information content (AvgIpc) is 3.74. The normalized spacial score (nSPS) is 13.3. The van der Waals surface area contributed by atoms with E-state index in [2.05, 4.69) is 108 Å². The molecule has 6 aromatic carbocycles. The van der Waals surface area contributed by atoms with E-state index in [0.29, 0.717) is 35.5 Å². The minimum Gasteiger partial charge on any atom is -0.448 e. The zero-order valence-corrected chi connectivity index (χ0v) is 25.7. The molecule has 2 aliphatic heterocycles. The van der Waals surface area contributed by atoms with Gasteiger partial charge in [-0.25, -0.2) is 15.0 Å². The molecule has 0 unspecified atom stereocenters. The van der Waals surface area contributed by atoms with Gasteiger partial charge in [-0.2, -0.15) is 0 Å². The summed E-state index contributed by atoms with van der Waals surface area (Å²) in [6.45, 7) is 0.654. The van der Waals surface area contributed by atoms with Gasteiger partial charge in [-0.1, -0.05) is 126 Å². The number of para-hydroxylation sites is 1. The van der Waals surface area contributed by atoms with E-state index in [-0.39, 0.29) is 0 Å². The van der Waals surface area contributed by atoms with Gasteiger partial charge in [0.15, 0.2) is 11.6 Å². The van der Waals surface area contributed by atoms with E-state index in [1.54, 1.807) is 6.21 Å². The van der Waals surface area contributed by atoms with Crippen LogP contribution in [0.25, 0.3) is 60.6 Å². The Kier molecular flexibility index (Phi) is 5.79. The lowest BCUT2D eigenvalue weighted by Gasteiger charge is -2.22. The van der Waals surface area contributed by atoms with Crippen molar-refractivity contribution in [1.82, 2.24) is 19.6 Å². The van der Waals surface area contributed by atoms with E-state index in [1.165, 1.54) is 16.2 Å². The van der Waals surface area contributed by atoms with Crippen LogP contribution < -0.4 is 9.98 Å². The van der Waals surface area contributed by atoms with Gasteiger partial charge in [0.2, 0.25) is 11.6 Å². The molecule has 0 amide bonds. The molecule has 0 aliphatic carbocycles. The maximum atomic E-state index is 6.18. The highest BCUT2D eigenvalue weighted by Crippen LogP contribution is 2.41. The van der Waals surface area contributed by atoms with Crippen molar-refractivity contribution >= 4 is 55.7 Å². The number of nitrogens with one attached hydrogen (secondary N) is 1. The molecule has 2 aliphatic rings. The molecule has 2 aromatic heterocycles. The second-order valence-corrected chi connectivity index (χ2v) is 12.0. The standard InChI is InChI=1S/C42H26N5O/c1-2-10-25(11-3-1)28-13-6-7-15-30(28)40-45-41(47-42(46-40)39-38-31-16-8-9-17-34(31)48-35(38)24-44-39)32-22-23-43-33-21-20-27-19-18-26-12-4-5-14-29(26)36(27)37(32)33/h1-22,24,43H,23H2/q+1. The highest BCUT2D eigenvalue weighted by atomic mass is 16.3. The van der Waals surface area contributed by atoms with E-state index < -0.39 is 0 Å². The van der Waals surface area contributed by atoms with Crippen LogP contribution in [0.15, 0.2) is 138 Å². The summed E-state index contributed by atoms with van der Waals surface area (Å²) in [4.78, 5) is 15.7. The van der Waals surface area contributed by atoms with Crippen molar-refractivity contribution in [3.05, 3.63) is 162 Å². The molecule has 0 saturated heterocycles. The SMILES string of the molecule is C1=[N+]=C(c2nc(C3=CCNc4ccc5ccc6ccccc6c5c43)nc(-c3ccccc3-c3ccccc3)n2)c2c1oc1ccccc21. The number of furan rings is 1. The van der Waals surface area contributed by atoms with Gasteiger partial charge < -0.3 is 9.73 Å². The van der Waals surface area contributed by atoms with E-state index in [1.807, 2.05) is 30.3 Å². The second-order valence-electron chi connectivity index (χ2n) is 12.0. The zero-order chi connectivity index (χ0) is 31.6. The van der Waals surface area contributed by atoms with Gasteiger partial charge in [0.05, 0.1) is 0 Å². The van der Waals surface area contributed by atoms with Crippen molar-refractivity contribution in [2.75, 3.05) is 11.9 Å². The van der Waals surface area contributed by atoms with Crippen molar-refractivity contribution in [2.24, 2.45) is 0 Å². The summed E-state index contributed by atoms with van der Waals surface area (Å²) in [6, 6.07) is 44.0. The van der Waals surface area contributed by atoms with E-state index >= 15 is 0 Å². The van der Waals surface area contributed by atoms with E-state index in [4.69, 9.17) is 24.0 Å². The third-order valence-electron chi connectivity index (χ3n) is 9.29. The zero-order valence-electron chi connectivity index (χ0n) is 25.7. The quantitative estimate of drug-likeness (QED) is 0.159. The Bertz CT molecular complexity index is 2720. The molecule has 0 radical (unpaired) electrons.